The Morgan fingerprint density at radius 1 is 1.28 bits per heavy atom. The topological polar surface area (TPSA) is 88.9 Å². The lowest BCUT2D eigenvalue weighted by Crippen LogP contribution is -2.41. The highest BCUT2D eigenvalue weighted by molar-refractivity contribution is 7.99. The number of carbonyl (C=O) groups excluding carboxylic acids is 2. The third-order valence-corrected chi connectivity index (χ3v) is 4.33. The second-order valence-corrected chi connectivity index (χ2v) is 7.16. The smallest absolute Gasteiger partial charge is 0.321 e. The Kier molecular flexibility index (Phi) is 6.58. The maximum Gasteiger partial charge on any atom is 0.321 e. The molecule has 0 fully saturated rings. The summed E-state index contributed by atoms with van der Waals surface area (Å²) in [6.07, 6.45) is 1.62. The van der Waals surface area contributed by atoms with E-state index in [0.717, 1.165) is 11.3 Å². The molecule has 0 atom stereocenters. The van der Waals surface area contributed by atoms with Crippen LogP contribution in [0.5, 0.6) is 0 Å². The second-order valence-electron chi connectivity index (χ2n) is 6.21. The lowest BCUT2D eigenvalue weighted by molar-refractivity contribution is -0.117. The Morgan fingerprint density at radius 3 is 2.72 bits per heavy atom. The molecule has 134 valence electrons. The van der Waals surface area contributed by atoms with Gasteiger partial charge in [-0.05, 0) is 31.4 Å². The Balaban J connectivity index is 1.95. The minimum Gasteiger partial charge on any atom is -0.338 e. The Labute approximate surface area is 151 Å². The number of rotatable bonds is 6. The van der Waals surface area contributed by atoms with E-state index >= 15 is 0 Å². The van der Waals surface area contributed by atoms with E-state index in [1.165, 1.54) is 17.3 Å². The minimum atomic E-state index is -0.477. The fourth-order valence-corrected chi connectivity index (χ4v) is 2.92. The highest BCUT2D eigenvalue weighted by Crippen LogP contribution is 2.22. The molecule has 0 aliphatic heterocycles. The molecular weight excluding hydrogens is 338 g/mol. The van der Waals surface area contributed by atoms with Crippen LogP contribution in [-0.4, -0.2) is 39.0 Å². The highest BCUT2D eigenvalue weighted by Gasteiger charge is 2.13. The predicted octanol–water partition coefficient (Wildman–Crippen LogP) is 2.46. The van der Waals surface area contributed by atoms with Crippen molar-refractivity contribution in [3.05, 3.63) is 35.7 Å². The van der Waals surface area contributed by atoms with Gasteiger partial charge in [0.15, 0.2) is 5.16 Å². The van der Waals surface area contributed by atoms with Crippen LogP contribution in [0.15, 0.2) is 29.7 Å². The number of amides is 3. The summed E-state index contributed by atoms with van der Waals surface area (Å²) in [7, 11) is 0. The summed E-state index contributed by atoms with van der Waals surface area (Å²) < 4.78 is 1.84. The van der Waals surface area contributed by atoms with Gasteiger partial charge in [0.2, 0.25) is 5.91 Å². The van der Waals surface area contributed by atoms with Crippen LogP contribution in [0, 0.1) is 19.8 Å². The predicted molar refractivity (Wildman–Crippen MR) is 97.9 cm³/mol. The number of benzene rings is 1. The maximum atomic E-state index is 11.9. The summed E-state index contributed by atoms with van der Waals surface area (Å²) in [5, 5.41) is 13.5. The van der Waals surface area contributed by atoms with Crippen LogP contribution in [0.2, 0.25) is 0 Å². The number of imide groups is 1. The molecule has 0 unspecified atom stereocenters. The lowest BCUT2D eigenvalue weighted by Gasteiger charge is -2.10. The normalized spacial score (nSPS) is 10.8. The number of nitrogens with one attached hydrogen (secondary N) is 2. The summed E-state index contributed by atoms with van der Waals surface area (Å²) in [5.74, 6) is 0.0339. The summed E-state index contributed by atoms with van der Waals surface area (Å²) >= 11 is 1.23. The second kappa shape index (κ2) is 8.66. The summed E-state index contributed by atoms with van der Waals surface area (Å²) in [6, 6.07) is 5.62. The van der Waals surface area contributed by atoms with E-state index in [1.807, 2.05) is 44.4 Å². The first-order chi connectivity index (χ1) is 11.9. The molecule has 3 amide bonds. The van der Waals surface area contributed by atoms with Gasteiger partial charge in [0, 0.05) is 6.54 Å². The SMILES string of the molecule is Cc1ccc(-n2cnnc2SCC(=O)NC(=O)NCC(C)C)c(C)c1. The molecule has 2 rings (SSSR count). The van der Waals surface area contributed by atoms with E-state index in [2.05, 4.69) is 26.9 Å². The fraction of sp³-hybridized carbons (Fsp3) is 0.412. The summed E-state index contributed by atoms with van der Waals surface area (Å²) in [4.78, 5) is 23.5. The van der Waals surface area contributed by atoms with E-state index in [-0.39, 0.29) is 11.7 Å². The van der Waals surface area contributed by atoms with Crippen LogP contribution in [-0.2, 0) is 4.79 Å². The van der Waals surface area contributed by atoms with Crippen molar-refractivity contribution < 1.29 is 9.59 Å². The number of carbonyl (C=O) groups is 2. The van der Waals surface area contributed by atoms with Gasteiger partial charge in [-0.25, -0.2) is 4.79 Å². The molecule has 7 nitrogen and oxygen atoms in total. The quantitative estimate of drug-likeness (QED) is 0.772. The zero-order valence-electron chi connectivity index (χ0n) is 14.9. The molecule has 1 aromatic carbocycles. The van der Waals surface area contributed by atoms with Crippen LogP contribution in [0.1, 0.15) is 25.0 Å². The number of thioether (sulfide) groups is 1. The molecular formula is C17H23N5O2S. The monoisotopic (exact) mass is 361 g/mol. The molecule has 2 aromatic rings. The van der Waals surface area contributed by atoms with E-state index in [9.17, 15) is 9.59 Å². The molecule has 0 aliphatic rings. The minimum absolute atomic E-state index is 0.0820. The first-order valence-corrected chi connectivity index (χ1v) is 9.03. The van der Waals surface area contributed by atoms with Crippen LogP contribution < -0.4 is 10.6 Å². The van der Waals surface area contributed by atoms with Gasteiger partial charge in [-0.1, -0.05) is 43.3 Å². The van der Waals surface area contributed by atoms with Crippen LogP contribution >= 0.6 is 11.8 Å². The molecule has 1 heterocycles. The number of hydrogen-bond acceptors (Lipinski definition) is 5. The molecule has 0 spiro atoms. The standard InChI is InChI=1S/C17H23N5O2S/c1-11(2)8-18-16(24)20-15(23)9-25-17-21-19-10-22(17)14-6-5-12(3)7-13(14)4/h5-7,10-11H,8-9H2,1-4H3,(H2,18,20,23,24). The first-order valence-electron chi connectivity index (χ1n) is 8.05. The van der Waals surface area contributed by atoms with E-state index in [0.29, 0.717) is 17.6 Å². The van der Waals surface area contributed by atoms with Crippen molar-refractivity contribution in [1.29, 1.82) is 0 Å². The van der Waals surface area contributed by atoms with Gasteiger partial charge in [-0.3, -0.25) is 14.7 Å². The van der Waals surface area contributed by atoms with Gasteiger partial charge < -0.3 is 5.32 Å². The van der Waals surface area contributed by atoms with Gasteiger partial charge in [0.25, 0.3) is 0 Å². The molecule has 0 saturated heterocycles. The van der Waals surface area contributed by atoms with Gasteiger partial charge in [0.1, 0.15) is 6.33 Å². The van der Waals surface area contributed by atoms with Gasteiger partial charge in [0.05, 0.1) is 11.4 Å². The van der Waals surface area contributed by atoms with Gasteiger partial charge >= 0.3 is 6.03 Å². The van der Waals surface area contributed by atoms with Crippen molar-refractivity contribution in [2.24, 2.45) is 5.92 Å². The molecule has 0 bridgehead atoms. The molecule has 8 heteroatoms. The Hall–Kier alpha value is -2.35. The van der Waals surface area contributed by atoms with E-state index in [4.69, 9.17) is 0 Å². The summed E-state index contributed by atoms with van der Waals surface area (Å²) in [5.41, 5.74) is 3.24. The number of aryl methyl sites for hydroxylation is 2. The number of urea groups is 1. The number of nitrogens with zero attached hydrogens (tertiary/aromatic N) is 3. The summed E-state index contributed by atoms with van der Waals surface area (Å²) in [6.45, 7) is 8.54. The largest absolute Gasteiger partial charge is 0.338 e. The number of aromatic nitrogens is 3. The van der Waals surface area contributed by atoms with Crippen molar-refractivity contribution in [2.75, 3.05) is 12.3 Å². The molecule has 25 heavy (non-hydrogen) atoms. The lowest BCUT2D eigenvalue weighted by atomic mass is 10.1. The zero-order chi connectivity index (χ0) is 18.4. The highest BCUT2D eigenvalue weighted by atomic mass is 32.2. The average molecular weight is 361 g/mol. The van der Waals surface area contributed by atoms with E-state index in [1.54, 1.807) is 6.33 Å². The Bertz CT molecular complexity index is 757. The van der Waals surface area contributed by atoms with Crippen molar-refractivity contribution in [3.8, 4) is 5.69 Å². The van der Waals surface area contributed by atoms with Crippen molar-refractivity contribution in [3.63, 3.8) is 0 Å². The van der Waals surface area contributed by atoms with Crippen LogP contribution in [0.4, 0.5) is 4.79 Å². The molecule has 0 aliphatic carbocycles. The van der Waals surface area contributed by atoms with Gasteiger partial charge in [-0.15, -0.1) is 10.2 Å². The zero-order valence-corrected chi connectivity index (χ0v) is 15.7. The average Bonchev–Trinajstić information content (AvgIpc) is 2.99. The molecule has 0 radical (unpaired) electrons. The van der Waals surface area contributed by atoms with Gasteiger partial charge in [-0.2, -0.15) is 0 Å². The third kappa shape index (κ3) is 5.60. The molecule has 2 N–H and O–H groups in total. The van der Waals surface area contributed by atoms with Crippen molar-refractivity contribution in [2.45, 2.75) is 32.9 Å². The molecule has 1 aromatic heterocycles. The number of hydrogen-bond donors (Lipinski definition) is 2. The fourth-order valence-electron chi connectivity index (χ4n) is 2.20. The molecule has 0 saturated carbocycles. The maximum absolute atomic E-state index is 11.9. The van der Waals surface area contributed by atoms with E-state index < -0.39 is 6.03 Å². The first kappa shape index (κ1) is 19.0. The van der Waals surface area contributed by atoms with Crippen molar-refractivity contribution in [1.82, 2.24) is 25.4 Å². The van der Waals surface area contributed by atoms with Crippen LogP contribution in [0.25, 0.3) is 5.69 Å². The third-order valence-electron chi connectivity index (χ3n) is 3.38. The van der Waals surface area contributed by atoms with Crippen molar-refractivity contribution >= 4 is 23.7 Å². The van der Waals surface area contributed by atoms with Crippen LogP contribution in [0.3, 0.4) is 0 Å². The Morgan fingerprint density at radius 2 is 2.04 bits per heavy atom.